The molecule has 18 heavy (non-hydrogen) atoms. The molecule has 4 nitrogen and oxygen atoms in total. The molecule has 0 saturated carbocycles. The largest absolute Gasteiger partial charge is 0.507 e. The highest BCUT2D eigenvalue weighted by molar-refractivity contribution is 9.10. The highest BCUT2D eigenvalue weighted by Crippen LogP contribution is 2.23. The molecule has 0 aliphatic rings. The van der Waals surface area contributed by atoms with Gasteiger partial charge in [0.05, 0.1) is 5.56 Å². The number of hydrogen-bond acceptors (Lipinski definition) is 3. The lowest BCUT2D eigenvalue weighted by atomic mass is 10.2. The van der Waals surface area contributed by atoms with E-state index in [9.17, 15) is 9.90 Å². The number of nitrogens with zero attached hydrogens (tertiary/aromatic N) is 1. The van der Waals surface area contributed by atoms with Crippen molar-refractivity contribution in [3.05, 3.63) is 51.7 Å². The fraction of sp³-hybridized carbons (Fsp3) is 0. The minimum absolute atomic E-state index is 0.0872. The highest BCUT2D eigenvalue weighted by atomic mass is 79.9. The molecule has 0 spiro atoms. The van der Waals surface area contributed by atoms with Gasteiger partial charge in [-0.2, -0.15) is 0 Å². The summed E-state index contributed by atoms with van der Waals surface area (Å²) >= 11 is 8.95. The average Bonchev–Trinajstić information content (AvgIpc) is 2.32. The molecule has 6 heteroatoms. The van der Waals surface area contributed by atoms with Crippen LogP contribution in [0.5, 0.6) is 5.75 Å². The number of amides is 1. The maximum Gasteiger partial charge on any atom is 0.259 e. The minimum atomic E-state index is -0.420. The Morgan fingerprint density at radius 3 is 2.83 bits per heavy atom. The molecule has 0 atom stereocenters. The Hall–Kier alpha value is -1.59. The monoisotopic (exact) mass is 326 g/mol. The smallest absolute Gasteiger partial charge is 0.259 e. The third kappa shape index (κ3) is 3.00. The van der Waals surface area contributed by atoms with Gasteiger partial charge in [-0.05, 0) is 30.3 Å². The summed E-state index contributed by atoms with van der Waals surface area (Å²) in [5.74, 6) is -0.507. The van der Waals surface area contributed by atoms with Crippen molar-refractivity contribution >= 4 is 39.1 Å². The van der Waals surface area contributed by atoms with Crippen molar-refractivity contribution < 1.29 is 9.90 Å². The van der Waals surface area contributed by atoms with Gasteiger partial charge in [-0.15, -0.1) is 0 Å². The summed E-state index contributed by atoms with van der Waals surface area (Å²) in [5, 5.41) is 12.5. The number of nitrogens with one attached hydrogen (secondary N) is 1. The second kappa shape index (κ2) is 5.37. The summed E-state index contributed by atoms with van der Waals surface area (Å²) in [6, 6.07) is 7.76. The lowest BCUT2D eigenvalue weighted by Crippen LogP contribution is -2.12. The minimum Gasteiger partial charge on any atom is -0.507 e. The Labute approximate surface area is 117 Å². The molecule has 1 heterocycles. The van der Waals surface area contributed by atoms with E-state index >= 15 is 0 Å². The molecule has 2 N–H and O–H groups in total. The molecule has 0 unspecified atom stereocenters. The summed E-state index contributed by atoms with van der Waals surface area (Å²) in [6.45, 7) is 0. The zero-order chi connectivity index (χ0) is 13.1. The predicted octanol–water partition coefficient (Wildman–Crippen LogP) is 3.46. The van der Waals surface area contributed by atoms with Crippen molar-refractivity contribution in [3.63, 3.8) is 0 Å². The summed E-state index contributed by atoms with van der Waals surface area (Å²) in [7, 11) is 0. The van der Waals surface area contributed by atoms with E-state index in [1.165, 1.54) is 24.4 Å². The summed E-state index contributed by atoms with van der Waals surface area (Å²) in [6.07, 6.45) is 1.48. The van der Waals surface area contributed by atoms with Gasteiger partial charge in [0.1, 0.15) is 10.9 Å². The second-order valence-electron chi connectivity index (χ2n) is 3.48. The van der Waals surface area contributed by atoms with Crippen LogP contribution in [0.1, 0.15) is 10.4 Å². The van der Waals surface area contributed by atoms with Crippen molar-refractivity contribution in [2.45, 2.75) is 0 Å². The van der Waals surface area contributed by atoms with Gasteiger partial charge in [-0.1, -0.05) is 27.5 Å². The Kier molecular flexibility index (Phi) is 3.84. The number of halogens is 2. The number of anilines is 1. The van der Waals surface area contributed by atoms with E-state index in [0.717, 1.165) is 0 Å². The van der Waals surface area contributed by atoms with Gasteiger partial charge in [0, 0.05) is 16.4 Å². The molecule has 2 aromatic rings. The summed E-state index contributed by atoms with van der Waals surface area (Å²) in [5.41, 5.74) is 0.691. The molecular weight excluding hydrogens is 320 g/mol. The van der Waals surface area contributed by atoms with Gasteiger partial charge in [0.15, 0.2) is 0 Å². The van der Waals surface area contributed by atoms with Gasteiger partial charge in [-0.3, -0.25) is 4.79 Å². The zero-order valence-electron chi connectivity index (χ0n) is 9.02. The molecule has 0 fully saturated rings. The van der Waals surface area contributed by atoms with Crippen molar-refractivity contribution in [1.29, 1.82) is 0 Å². The van der Waals surface area contributed by atoms with Crippen molar-refractivity contribution in [2.75, 3.05) is 5.32 Å². The molecule has 0 aliphatic heterocycles. The van der Waals surface area contributed by atoms with E-state index in [0.29, 0.717) is 10.2 Å². The molecule has 0 radical (unpaired) electrons. The average molecular weight is 328 g/mol. The van der Waals surface area contributed by atoms with E-state index < -0.39 is 5.91 Å². The second-order valence-corrected chi connectivity index (χ2v) is 4.79. The van der Waals surface area contributed by atoms with Crippen LogP contribution in [0.25, 0.3) is 0 Å². The Morgan fingerprint density at radius 1 is 1.33 bits per heavy atom. The SMILES string of the molecule is O=C(Nc1ccnc(Cl)c1)c1cc(Br)ccc1O. The molecule has 1 aromatic carbocycles. The van der Waals surface area contributed by atoms with E-state index in [4.69, 9.17) is 11.6 Å². The van der Waals surface area contributed by atoms with E-state index in [-0.39, 0.29) is 16.5 Å². The number of phenols is 1. The first-order valence-corrected chi connectivity index (χ1v) is 6.15. The number of carbonyl (C=O) groups excluding carboxylic acids is 1. The molecule has 2 rings (SSSR count). The molecule has 0 aliphatic carbocycles. The van der Waals surface area contributed by atoms with Crippen LogP contribution in [-0.4, -0.2) is 16.0 Å². The number of rotatable bonds is 2. The fourth-order valence-corrected chi connectivity index (χ4v) is 1.90. The summed E-state index contributed by atoms with van der Waals surface area (Å²) < 4.78 is 0.707. The molecule has 92 valence electrons. The third-order valence-electron chi connectivity index (χ3n) is 2.19. The first kappa shape index (κ1) is 12.9. The highest BCUT2D eigenvalue weighted by Gasteiger charge is 2.12. The number of benzene rings is 1. The van der Waals surface area contributed by atoms with Crippen LogP contribution < -0.4 is 5.32 Å². The molecule has 0 saturated heterocycles. The van der Waals surface area contributed by atoms with Gasteiger partial charge >= 0.3 is 0 Å². The van der Waals surface area contributed by atoms with E-state index in [1.807, 2.05) is 0 Å². The fourth-order valence-electron chi connectivity index (χ4n) is 1.37. The number of phenolic OH excluding ortho intramolecular Hbond substituents is 1. The van der Waals surface area contributed by atoms with Crippen molar-refractivity contribution in [2.24, 2.45) is 0 Å². The standard InChI is InChI=1S/C12H8BrClN2O2/c13-7-1-2-10(17)9(5-7)12(18)16-8-3-4-15-11(14)6-8/h1-6,17H,(H,15,16,18). The maximum atomic E-state index is 11.9. The Balaban J connectivity index is 2.24. The van der Waals surface area contributed by atoms with Crippen LogP contribution in [0.15, 0.2) is 41.0 Å². The van der Waals surface area contributed by atoms with Crippen LogP contribution in [0.3, 0.4) is 0 Å². The lowest BCUT2D eigenvalue weighted by molar-refractivity contribution is 0.102. The van der Waals surface area contributed by atoms with Gasteiger partial charge in [0.2, 0.25) is 0 Å². The van der Waals surface area contributed by atoms with Gasteiger partial charge < -0.3 is 10.4 Å². The number of carbonyl (C=O) groups is 1. The lowest BCUT2D eigenvalue weighted by Gasteiger charge is -2.07. The van der Waals surface area contributed by atoms with Gasteiger partial charge in [-0.25, -0.2) is 4.98 Å². The van der Waals surface area contributed by atoms with Crippen LogP contribution in [0, 0.1) is 0 Å². The summed E-state index contributed by atoms with van der Waals surface area (Å²) in [4.78, 5) is 15.8. The quantitative estimate of drug-likeness (QED) is 0.830. The number of aromatic nitrogens is 1. The first-order valence-electron chi connectivity index (χ1n) is 4.97. The van der Waals surface area contributed by atoms with Crippen LogP contribution >= 0.6 is 27.5 Å². The normalized spacial score (nSPS) is 10.1. The van der Waals surface area contributed by atoms with E-state index in [1.54, 1.807) is 12.1 Å². The Morgan fingerprint density at radius 2 is 2.11 bits per heavy atom. The van der Waals surface area contributed by atoms with Gasteiger partial charge in [0.25, 0.3) is 5.91 Å². The number of hydrogen-bond donors (Lipinski definition) is 2. The van der Waals surface area contributed by atoms with Crippen LogP contribution in [0.4, 0.5) is 5.69 Å². The predicted molar refractivity (Wildman–Crippen MR) is 73.0 cm³/mol. The Bertz CT molecular complexity index is 604. The molecule has 1 amide bonds. The topological polar surface area (TPSA) is 62.2 Å². The maximum absolute atomic E-state index is 11.9. The van der Waals surface area contributed by atoms with Crippen LogP contribution in [0.2, 0.25) is 5.15 Å². The number of pyridine rings is 1. The van der Waals surface area contributed by atoms with E-state index in [2.05, 4.69) is 26.2 Å². The zero-order valence-corrected chi connectivity index (χ0v) is 11.4. The van der Waals surface area contributed by atoms with Crippen molar-refractivity contribution in [1.82, 2.24) is 4.98 Å². The van der Waals surface area contributed by atoms with Crippen molar-refractivity contribution in [3.8, 4) is 5.75 Å². The third-order valence-corrected chi connectivity index (χ3v) is 2.89. The number of aromatic hydroxyl groups is 1. The first-order chi connectivity index (χ1) is 8.56. The molecule has 1 aromatic heterocycles. The molecular formula is C12H8BrClN2O2. The molecule has 0 bridgehead atoms. The van der Waals surface area contributed by atoms with Crippen LogP contribution in [-0.2, 0) is 0 Å².